The molecule has 31 heavy (non-hydrogen) atoms. The van der Waals surface area contributed by atoms with Gasteiger partial charge in [-0.25, -0.2) is 4.39 Å². The van der Waals surface area contributed by atoms with Crippen molar-refractivity contribution in [1.82, 2.24) is 14.8 Å². The van der Waals surface area contributed by atoms with Crippen molar-refractivity contribution in [3.63, 3.8) is 0 Å². The number of carbonyl (C=O) groups excluding carboxylic acids is 1. The summed E-state index contributed by atoms with van der Waals surface area (Å²) in [6.07, 6.45) is 1.65. The lowest BCUT2D eigenvalue weighted by atomic mass is 9.95. The summed E-state index contributed by atoms with van der Waals surface area (Å²) in [4.78, 5) is 12.2. The molecule has 3 aromatic rings. The first-order valence-electron chi connectivity index (χ1n) is 10.2. The van der Waals surface area contributed by atoms with Crippen molar-refractivity contribution in [1.29, 1.82) is 0 Å². The average molecular weight is 426 g/mol. The Morgan fingerprint density at radius 3 is 2.48 bits per heavy atom. The lowest BCUT2D eigenvalue weighted by molar-refractivity contribution is -0.154. The van der Waals surface area contributed by atoms with E-state index in [4.69, 9.17) is 9.47 Å². The zero-order chi connectivity index (χ0) is 22.8. The third kappa shape index (κ3) is 4.93. The van der Waals surface area contributed by atoms with Crippen LogP contribution in [-0.2, 0) is 16.1 Å². The molecule has 0 aliphatic carbocycles. The van der Waals surface area contributed by atoms with Gasteiger partial charge in [-0.1, -0.05) is 12.1 Å². The van der Waals surface area contributed by atoms with Gasteiger partial charge in [0.15, 0.2) is 5.82 Å². The van der Waals surface area contributed by atoms with Gasteiger partial charge in [-0.05, 0) is 70.0 Å². The van der Waals surface area contributed by atoms with Gasteiger partial charge in [-0.15, -0.1) is 10.2 Å². The maximum absolute atomic E-state index is 14.8. The topological polar surface area (TPSA) is 66.2 Å². The maximum atomic E-state index is 14.8. The SMILES string of the molecule is COc1ccc(F)c(-c2ccc(COC(=O)C(C)(C)C)cc2-c2nncn2C(C)C)c1. The smallest absolute Gasteiger partial charge is 0.311 e. The molecule has 0 aliphatic rings. The highest BCUT2D eigenvalue weighted by atomic mass is 19.1. The molecule has 0 N–H and O–H groups in total. The summed E-state index contributed by atoms with van der Waals surface area (Å²) in [7, 11) is 1.54. The highest BCUT2D eigenvalue weighted by molar-refractivity contribution is 5.82. The van der Waals surface area contributed by atoms with Crippen LogP contribution in [0.2, 0.25) is 0 Å². The van der Waals surface area contributed by atoms with Crippen LogP contribution in [0.15, 0.2) is 42.7 Å². The molecule has 1 aromatic heterocycles. The van der Waals surface area contributed by atoms with Crippen molar-refractivity contribution in [2.75, 3.05) is 7.11 Å². The Morgan fingerprint density at radius 1 is 1.10 bits per heavy atom. The van der Waals surface area contributed by atoms with E-state index in [-0.39, 0.29) is 24.4 Å². The lowest BCUT2D eigenvalue weighted by Crippen LogP contribution is -2.22. The monoisotopic (exact) mass is 425 g/mol. The van der Waals surface area contributed by atoms with E-state index in [9.17, 15) is 9.18 Å². The number of halogens is 1. The van der Waals surface area contributed by atoms with Crippen LogP contribution in [0, 0.1) is 11.2 Å². The summed E-state index contributed by atoms with van der Waals surface area (Å²) in [6, 6.07) is 10.2. The first kappa shape index (κ1) is 22.5. The van der Waals surface area contributed by atoms with E-state index in [1.807, 2.05) is 36.6 Å². The van der Waals surface area contributed by atoms with Crippen molar-refractivity contribution in [3.05, 3.63) is 54.1 Å². The molecule has 0 bridgehead atoms. The van der Waals surface area contributed by atoms with Crippen LogP contribution in [0.4, 0.5) is 4.39 Å². The largest absolute Gasteiger partial charge is 0.497 e. The van der Waals surface area contributed by atoms with Crippen LogP contribution < -0.4 is 4.74 Å². The van der Waals surface area contributed by atoms with Gasteiger partial charge in [0.25, 0.3) is 0 Å². The second-order valence-corrected chi connectivity index (χ2v) is 8.71. The average Bonchev–Trinajstić information content (AvgIpc) is 3.22. The summed E-state index contributed by atoms with van der Waals surface area (Å²) >= 11 is 0. The summed E-state index contributed by atoms with van der Waals surface area (Å²) in [5.74, 6) is 0.499. The fourth-order valence-corrected chi connectivity index (χ4v) is 3.12. The Morgan fingerprint density at radius 2 is 1.84 bits per heavy atom. The number of hydrogen-bond acceptors (Lipinski definition) is 5. The standard InChI is InChI=1S/C24H28FN3O3/c1-15(2)28-14-26-27-22(28)20-11-16(13-31-23(29)24(3,4)5)7-9-18(20)19-12-17(30-6)8-10-21(19)25/h7-12,14-15H,13H2,1-6H3. The minimum atomic E-state index is -0.593. The normalized spacial score (nSPS) is 11.6. The maximum Gasteiger partial charge on any atom is 0.311 e. The highest BCUT2D eigenvalue weighted by Gasteiger charge is 2.24. The third-order valence-electron chi connectivity index (χ3n) is 4.90. The molecule has 2 aromatic carbocycles. The molecule has 0 amide bonds. The Kier molecular flexibility index (Phi) is 6.43. The summed E-state index contributed by atoms with van der Waals surface area (Å²) in [6.45, 7) is 9.57. The Hall–Kier alpha value is -3.22. The van der Waals surface area contributed by atoms with Crippen LogP contribution in [0.25, 0.3) is 22.5 Å². The molecule has 0 radical (unpaired) electrons. The second kappa shape index (κ2) is 8.88. The van der Waals surface area contributed by atoms with E-state index >= 15 is 0 Å². The molecule has 3 rings (SSSR count). The number of nitrogens with zero attached hydrogens (tertiary/aromatic N) is 3. The number of esters is 1. The van der Waals surface area contributed by atoms with Gasteiger partial charge in [0.05, 0.1) is 12.5 Å². The number of benzene rings is 2. The fourth-order valence-electron chi connectivity index (χ4n) is 3.12. The van der Waals surface area contributed by atoms with Gasteiger partial charge < -0.3 is 14.0 Å². The fraction of sp³-hybridized carbons (Fsp3) is 0.375. The quantitative estimate of drug-likeness (QED) is 0.493. The number of ether oxygens (including phenoxy) is 2. The highest BCUT2D eigenvalue weighted by Crippen LogP contribution is 2.36. The van der Waals surface area contributed by atoms with Crippen molar-refractivity contribution in [2.24, 2.45) is 5.41 Å². The number of aromatic nitrogens is 3. The van der Waals surface area contributed by atoms with Crippen molar-refractivity contribution >= 4 is 5.97 Å². The van der Waals surface area contributed by atoms with Crippen LogP contribution in [-0.4, -0.2) is 27.8 Å². The molecule has 0 saturated heterocycles. The van der Waals surface area contributed by atoms with Gasteiger partial charge in [0.1, 0.15) is 24.5 Å². The molecule has 0 aliphatic heterocycles. The van der Waals surface area contributed by atoms with Gasteiger partial charge in [-0.3, -0.25) is 4.79 Å². The second-order valence-electron chi connectivity index (χ2n) is 8.71. The molecule has 0 unspecified atom stereocenters. The van der Waals surface area contributed by atoms with Gasteiger partial charge >= 0.3 is 5.97 Å². The molecule has 7 heteroatoms. The van der Waals surface area contributed by atoms with Crippen LogP contribution >= 0.6 is 0 Å². The minimum Gasteiger partial charge on any atom is -0.497 e. The van der Waals surface area contributed by atoms with Crippen molar-refractivity contribution in [2.45, 2.75) is 47.3 Å². The first-order chi connectivity index (χ1) is 14.6. The third-order valence-corrected chi connectivity index (χ3v) is 4.90. The predicted molar refractivity (Wildman–Crippen MR) is 117 cm³/mol. The molecule has 164 valence electrons. The zero-order valence-electron chi connectivity index (χ0n) is 18.8. The van der Waals surface area contributed by atoms with Gasteiger partial charge in [0, 0.05) is 17.2 Å². The molecule has 1 heterocycles. The van der Waals surface area contributed by atoms with Crippen LogP contribution in [0.1, 0.15) is 46.2 Å². The number of rotatable bonds is 6. The van der Waals surface area contributed by atoms with E-state index < -0.39 is 5.41 Å². The number of methoxy groups -OCH3 is 1. The van der Waals surface area contributed by atoms with Gasteiger partial charge in [0.2, 0.25) is 0 Å². The molecule has 6 nitrogen and oxygen atoms in total. The summed E-state index contributed by atoms with van der Waals surface area (Å²) in [5.41, 5.74) is 1.92. The van der Waals surface area contributed by atoms with E-state index in [0.29, 0.717) is 28.3 Å². The summed E-state index contributed by atoms with van der Waals surface area (Å²) in [5, 5.41) is 8.35. The Bertz CT molecular complexity index is 1080. The number of carbonyl (C=O) groups is 1. The Balaban J connectivity index is 2.11. The minimum absolute atomic E-state index is 0.107. The molecular weight excluding hydrogens is 397 g/mol. The number of hydrogen-bond donors (Lipinski definition) is 0. The lowest BCUT2D eigenvalue weighted by Gasteiger charge is -2.18. The molecule has 0 spiro atoms. The van der Waals surface area contributed by atoms with Crippen molar-refractivity contribution in [3.8, 4) is 28.3 Å². The van der Waals surface area contributed by atoms with Crippen molar-refractivity contribution < 1.29 is 18.7 Å². The molecule has 0 saturated carbocycles. The van der Waals surface area contributed by atoms with E-state index in [1.54, 1.807) is 46.3 Å². The Labute approximate surface area is 182 Å². The first-order valence-corrected chi connectivity index (χ1v) is 10.2. The van der Waals surface area contributed by atoms with Gasteiger partial charge in [-0.2, -0.15) is 0 Å². The molecule has 0 atom stereocenters. The van der Waals surface area contributed by atoms with E-state index in [0.717, 1.165) is 5.56 Å². The van der Waals surface area contributed by atoms with Crippen LogP contribution in [0.3, 0.4) is 0 Å². The predicted octanol–water partition coefficient (Wildman–Crippen LogP) is 5.43. The molecular formula is C24H28FN3O3. The summed E-state index contributed by atoms with van der Waals surface area (Å²) < 4.78 is 27.5. The van der Waals surface area contributed by atoms with E-state index in [1.165, 1.54) is 6.07 Å². The van der Waals surface area contributed by atoms with E-state index in [2.05, 4.69) is 10.2 Å². The van der Waals surface area contributed by atoms with Crippen LogP contribution in [0.5, 0.6) is 5.75 Å². The zero-order valence-corrected chi connectivity index (χ0v) is 18.8. The molecule has 0 fully saturated rings.